The maximum absolute atomic E-state index is 11.1. The highest BCUT2D eigenvalue weighted by atomic mass is 127. The molecular weight excluding hydrogens is 352 g/mol. The summed E-state index contributed by atoms with van der Waals surface area (Å²) in [6.07, 6.45) is 1.75. The molecule has 0 saturated carbocycles. The van der Waals surface area contributed by atoms with Crippen LogP contribution in [0, 0.1) is 10.5 Å². The van der Waals surface area contributed by atoms with Crippen LogP contribution >= 0.6 is 34.2 Å². The zero-order chi connectivity index (χ0) is 12.6. The first kappa shape index (κ1) is 12.4. The lowest BCUT2D eigenvalue weighted by molar-refractivity contribution is 0.0688. The van der Waals surface area contributed by atoms with E-state index in [1.54, 1.807) is 16.8 Å². The summed E-state index contributed by atoms with van der Waals surface area (Å²) in [6, 6.07) is 7.15. The molecule has 1 aromatic carbocycles. The van der Waals surface area contributed by atoms with Crippen molar-refractivity contribution in [1.82, 2.24) is 4.57 Å². The summed E-state index contributed by atoms with van der Waals surface area (Å²) in [5, 5.41) is 9.66. The molecule has 5 heteroatoms. The van der Waals surface area contributed by atoms with Gasteiger partial charge in [0, 0.05) is 9.77 Å². The first-order valence-corrected chi connectivity index (χ1v) is 6.32. The lowest BCUT2D eigenvalue weighted by atomic mass is 10.2. The summed E-state index contributed by atoms with van der Waals surface area (Å²) in [5.74, 6) is -0.968. The van der Waals surface area contributed by atoms with Crippen LogP contribution in [-0.2, 0) is 0 Å². The van der Waals surface area contributed by atoms with Crippen LogP contribution in [0.1, 0.15) is 16.1 Å². The monoisotopic (exact) mass is 361 g/mol. The first-order valence-electron chi connectivity index (χ1n) is 4.87. The number of halogens is 2. The summed E-state index contributed by atoms with van der Waals surface area (Å²) in [7, 11) is 0. The average molecular weight is 362 g/mol. The summed E-state index contributed by atoms with van der Waals surface area (Å²) in [6.45, 7) is 1.94. The summed E-state index contributed by atoms with van der Waals surface area (Å²) >= 11 is 8.21. The van der Waals surface area contributed by atoms with Gasteiger partial charge in [0.25, 0.3) is 0 Å². The van der Waals surface area contributed by atoms with Gasteiger partial charge in [-0.25, -0.2) is 4.79 Å². The molecular formula is C12H9ClINO2. The van der Waals surface area contributed by atoms with E-state index in [-0.39, 0.29) is 5.69 Å². The highest BCUT2D eigenvalue weighted by Crippen LogP contribution is 2.25. The van der Waals surface area contributed by atoms with Gasteiger partial charge in [0.1, 0.15) is 5.69 Å². The van der Waals surface area contributed by atoms with E-state index in [0.717, 1.165) is 9.13 Å². The maximum atomic E-state index is 11.1. The number of hydrogen-bond acceptors (Lipinski definition) is 1. The SMILES string of the molecule is Cc1ccc(-n2cc(I)cc2C(=O)O)c(Cl)c1. The van der Waals surface area contributed by atoms with Gasteiger partial charge in [0.15, 0.2) is 0 Å². The Kier molecular flexibility index (Phi) is 3.44. The molecule has 1 aromatic heterocycles. The predicted octanol–water partition coefficient (Wildman–Crippen LogP) is 3.74. The van der Waals surface area contributed by atoms with E-state index in [0.29, 0.717) is 10.7 Å². The normalized spacial score (nSPS) is 10.5. The van der Waals surface area contributed by atoms with E-state index < -0.39 is 5.97 Å². The number of aromatic nitrogens is 1. The van der Waals surface area contributed by atoms with Crippen molar-refractivity contribution in [3.63, 3.8) is 0 Å². The minimum absolute atomic E-state index is 0.208. The highest BCUT2D eigenvalue weighted by molar-refractivity contribution is 14.1. The summed E-state index contributed by atoms with van der Waals surface area (Å²) < 4.78 is 2.45. The smallest absolute Gasteiger partial charge is 0.352 e. The Hall–Kier alpha value is -1.01. The Morgan fingerprint density at radius 2 is 2.12 bits per heavy atom. The van der Waals surface area contributed by atoms with E-state index in [1.165, 1.54) is 0 Å². The number of aromatic carboxylic acids is 1. The third-order valence-electron chi connectivity index (χ3n) is 2.37. The number of carbonyl (C=O) groups is 1. The van der Waals surface area contributed by atoms with Crippen LogP contribution < -0.4 is 0 Å². The van der Waals surface area contributed by atoms with Crippen molar-refractivity contribution in [3.05, 3.63) is 50.3 Å². The number of hydrogen-bond donors (Lipinski definition) is 1. The molecule has 0 unspecified atom stereocenters. The van der Waals surface area contributed by atoms with Gasteiger partial charge in [0.05, 0.1) is 10.7 Å². The number of carboxylic acids is 1. The highest BCUT2D eigenvalue weighted by Gasteiger charge is 2.14. The van der Waals surface area contributed by atoms with Crippen LogP contribution in [0.4, 0.5) is 0 Å². The second kappa shape index (κ2) is 4.70. The molecule has 17 heavy (non-hydrogen) atoms. The van der Waals surface area contributed by atoms with Gasteiger partial charge in [-0.2, -0.15) is 0 Å². The lowest BCUT2D eigenvalue weighted by Gasteiger charge is -2.08. The van der Waals surface area contributed by atoms with Gasteiger partial charge in [-0.15, -0.1) is 0 Å². The van der Waals surface area contributed by atoms with Crippen molar-refractivity contribution < 1.29 is 9.90 Å². The van der Waals surface area contributed by atoms with E-state index >= 15 is 0 Å². The van der Waals surface area contributed by atoms with Gasteiger partial charge in [-0.05, 0) is 53.3 Å². The minimum Gasteiger partial charge on any atom is -0.477 e. The Balaban J connectivity index is 2.63. The Labute approximate surface area is 117 Å². The van der Waals surface area contributed by atoms with E-state index in [1.807, 2.05) is 25.1 Å². The quantitative estimate of drug-likeness (QED) is 0.828. The maximum Gasteiger partial charge on any atom is 0.352 e. The van der Waals surface area contributed by atoms with Crippen LogP contribution in [0.2, 0.25) is 5.02 Å². The van der Waals surface area contributed by atoms with Gasteiger partial charge in [-0.1, -0.05) is 17.7 Å². The number of carboxylic acid groups (broad SMARTS) is 1. The Morgan fingerprint density at radius 3 is 2.71 bits per heavy atom. The fourth-order valence-corrected chi connectivity index (χ4v) is 2.50. The Morgan fingerprint density at radius 1 is 1.41 bits per heavy atom. The molecule has 0 fully saturated rings. The predicted molar refractivity (Wildman–Crippen MR) is 75.2 cm³/mol. The van der Waals surface area contributed by atoms with Gasteiger partial charge in [0.2, 0.25) is 0 Å². The summed E-state index contributed by atoms with van der Waals surface area (Å²) in [5.41, 5.74) is 1.93. The number of benzene rings is 1. The topological polar surface area (TPSA) is 42.2 Å². The zero-order valence-electron chi connectivity index (χ0n) is 8.95. The first-order chi connectivity index (χ1) is 7.99. The third-order valence-corrected chi connectivity index (χ3v) is 3.26. The minimum atomic E-state index is -0.968. The number of rotatable bonds is 2. The zero-order valence-corrected chi connectivity index (χ0v) is 11.9. The number of aryl methyl sites for hydroxylation is 1. The van der Waals surface area contributed by atoms with Crippen LogP contribution in [-0.4, -0.2) is 15.6 Å². The van der Waals surface area contributed by atoms with Gasteiger partial charge >= 0.3 is 5.97 Å². The van der Waals surface area contributed by atoms with Crippen molar-refractivity contribution in [1.29, 1.82) is 0 Å². The fraction of sp³-hybridized carbons (Fsp3) is 0.0833. The van der Waals surface area contributed by atoms with E-state index in [4.69, 9.17) is 16.7 Å². The van der Waals surface area contributed by atoms with E-state index in [2.05, 4.69) is 22.6 Å². The molecule has 0 aliphatic heterocycles. The van der Waals surface area contributed by atoms with Crippen molar-refractivity contribution in [2.45, 2.75) is 6.92 Å². The van der Waals surface area contributed by atoms with Crippen LogP contribution in [0.15, 0.2) is 30.5 Å². The van der Waals surface area contributed by atoms with Gasteiger partial charge in [-0.3, -0.25) is 0 Å². The molecule has 2 rings (SSSR count). The fourth-order valence-electron chi connectivity index (χ4n) is 1.60. The molecule has 0 aliphatic carbocycles. The van der Waals surface area contributed by atoms with Crippen molar-refractivity contribution in [2.24, 2.45) is 0 Å². The molecule has 88 valence electrons. The van der Waals surface area contributed by atoms with Crippen molar-refractivity contribution >= 4 is 40.2 Å². The van der Waals surface area contributed by atoms with Crippen molar-refractivity contribution in [2.75, 3.05) is 0 Å². The largest absolute Gasteiger partial charge is 0.477 e. The van der Waals surface area contributed by atoms with Crippen molar-refractivity contribution in [3.8, 4) is 5.69 Å². The second-order valence-electron chi connectivity index (χ2n) is 3.67. The van der Waals surface area contributed by atoms with Crippen LogP contribution in [0.5, 0.6) is 0 Å². The molecule has 3 nitrogen and oxygen atoms in total. The lowest BCUT2D eigenvalue weighted by Crippen LogP contribution is -2.06. The standard InChI is InChI=1S/C12H9ClINO2/c1-7-2-3-10(9(13)4-7)15-6-8(14)5-11(15)12(16)17/h2-6H,1H3,(H,16,17). The molecule has 0 amide bonds. The average Bonchev–Trinajstić information content (AvgIpc) is 2.60. The molecule has 1 heterocycles. The molecule has 1 N–H and O–H groups in total. The van der Waals surface area contributed by atoms with Gasteiger partial charge < -0.3 is 9.67 Å². The summed E-state index contributed by atoms with van der Waals surface area (Å²) in [4.78, 5) is 11.1. The Bertz CT molecular complexity index is 592. The molecule has 0 saturated heterocycles. The van der Waals surface area contributed by atoms with Crippen LogP contribution in [0.3, 0.4) is 0 Å². The molecule has 2 aromatic rings. The molecule has 0 bridgehead atoms. The molecule has 0 radical (unpaired) electrons. The van der Waals surface area contributed by atoms with E-state index in [9.17, 15) is 4.79 Å². The number of nitrogens with zero attached hydrogens (tertiary/aromatic N) is 1. The van der Waals surface area contributed by atoms with Crippen LogP contribution in [0.25, 0.3) is 5.69 Å². The second-order valence-corrected chi connectivity index (χ2v) is 5.33. The third kappa shape index (κ3) is 2.47. The molecule has 0 atom stereocenters. The molecule has 0 aliphatic rings. The molecule has 0 spiro atoms.